The van der Waals surface area contributed by atoms with Crippen LogP contribution in [0.1, 0.15) is 24.1 Å². The summed E-state index contributed by atoms with van der Waals surface area (Å²) in [6, 6.07) is 17.8. The van der Waals surface area contributed by atoms with Gasteiger partial charge in [-0.3, -0.25) is 9.69 Å². The summed E-state index contributed by atoms with van der Waals surface area (Å²) in [5, 5.41) is 2.97. The van der Waals surface area contributed by atoms with Crippen LogP contribution < -0.4 is 10.1 Å². The molecule has 0 aliphatic carbocycles. The van der Waals surface area contributed by atoms with E-state index in [9.17, 15) is 4.79 Å². The monoisotopic (exact) mass is 310 g/mol. The highest BCUT2D eigenvalue weighted by molar-refractivity contribution is 5.83. The smallest absolute Gasteiger partial charge is 0.242 e. The molecule has 0 aromatic heterocycles. The quantitative estimate of drug-likeness (QED) is 0.923. The fraction of sp³-hybridized carbons (Fsp3) is 0.316. The molecule has 1 heterocycles. The Labute approximate surface area is 137 Å². The number of rotatable bonds is 5. The van der Waals surface area contributed by atoms with E-state index in [1.165, 1.54) is 5.56 Å². The summed E-state index contributed by atoms with van der Waals surface area (Å²) in [5.74, 6) is 0.959. The Morgan fingerprint density at radius 1 is 1.13 bits per heavy atom. The molecular formula is C19H22N2O2. The van der Waals surface area contributed by atoms with Crippen molar-refractivity contribution in [3.63, 3.8) is 0 Å². The molecule has 1 aliphatic rings. The van der Waals surface area contributed by atoms with E-state index >= 15 is 0 Å². The predicted octanol–water partition coefficient (Wildman–Crippen LogP) is 2.76. The third-order valence-electron chi connectivity index (χ3n) is 4.05. The Morgan fingerprint density at radius 2 is 1.87 bits per heavy atom. The van der Waals surface area contributed by atoms with E-state index in [0.717, 1.165) is 24.4 Å². The van der Waals surface area contributed by atoms with Gasteiger partial charge < -0.3 is 10.1 Å². The van der Waals surface area contributed by atoms with Crippen molar-refractivity contribution in [1.29, 1.82) is 0 Å². The van der Waals surface area contributed by atoms with E-state index in [0.29, 0.717) is 13.2 Å². The number of benzene rings is 2. The molecule has 1 fully saturated rings. The minimum atomic E-state index is -0.225. The highest BCUT2D eigenvalue weighted by atomic mass is 16.5. The summed E-state index contributed by atoms with van der Waals surface area (Å²) in [4.78, 5) is 14.6. The van der Waals surface area contributed by atoms with Crippen molar-refractivity contribution in [2.45, 2.75) is 19.5 Å². The van der Waals surface area contributed by atoms with Crippen molar-refractivity contribution >= 4 is 5.91 Å². The van der Waals surface area contributed by atoms with Crippen LogP contribution in [0.5, 0.6) is 5.75 Å². The Bertz CT molecular complexity index is 640. The van der Waals surface area contributed by atoms with Gasteiger partial charge in [0.25, 0.3) is 0 Å². The minimum absolute atomic E-state index is 0.0772. The van der Waals surface area contributed by atoms with Crippen LogP contribution in [0.2, 0.25) is 0 Å². The first-order chi connectivity index (χ1) is 11.3. The molecule has 2 aromatic carbocycles. The van der Waals surface area contributed by atoms with Crippen LogP contribution in [-0.2, 0) is 11.3 Å². The second kappa shape index (κ2) is 7.29. The zero-order chi connectivity index (χ0) is 16.1. The molecule has 4 nitrogen and oxygen atoms in total. The summed E-state index contributed by atoms with van der Waals surface area (Å²) in [7, 11) is 0. The van der Waals surface area contributed by atoms with Crippen molar-refractivity contribution in [3.05, 3.63) is 65.7 Å². The second-order valence-electron chi connectivity index (χ2n) is 5.65. The Morgan fingerprint density at radius 3 is 2.57 bits per heavy atom. The first kappa shape index (κ1) is 15.6. The second-order valence-corrected chi connectivity index (χ2v) is 5.65. The van der Waals surface area contributed by atoms with Gasteiger partial charge in [0.15, 0.2) is 0 Å². The van der Waals surface area contributed by atoms with Crippen LogP contribution in [0.15, 0.2) is 54.6 Å². The SMILES string of the molecule is CCOc1ccc(CN2CCNC(=O)C2c2ccccc2)cc1. The molecule has 0 bridgehead atoms. The van der Waals surface area contributed by atoms with Crippen molar-refractivity contribution in [2.75, 3.05) is 19.7 Å². The van der Waals surface area contributed by atoms with E-state index < -0.39 is 0 Å². The maximum atomic E-state index is 12.4. The minimum Gasteiger partial charge on any atom is -0.494 e. The topological polar surface area (TPSA) is 41.6 Å². The first-order valence-corrected chi connectivity index (χ1v) is 8.06. The Kier molecular flexibility index (Phi) is 4.93. The molecule has 1 atom stereocenters. The Balaban J connectivity index is 1.77. The first-order valence-electron chi connectivity index (χ1n) is 8.06. The summed E-state index contributed by atoms with van der Waals surface area (Å²) in [6.07, 6.45) is 0. The van der Waals surface area contributed by atoms with Crippen LogP contribution in [-0.4, -0.2) is 30.5 Å². The molecule has 1 aliphatic heterocycles. The number of nitrogens with one attached hydrogen (secondary N) is 1. The zero-order valence-electron chi connectivity index (χ0n) is 13.4. The van der Waals surface area contributed by atoms with E-state index in [2.05, 4.69) is 22.3 Å². The average Bonchev–Trinajstić information content (AvgIpc) is 2.58. The number of hydrogen-bond donors (Lipinski definition) is 1. The normalized spacial score (nSPS) is 18.5. The largest absolute Gasteiger partial charge is 0.494 e. The fourth-order valence-electron chi connectivity index (χ4n) is 2.97. The number of hydrogen-bond acceptors (Lipinski definition) is 3. The lowest BCUT2D eigenvalue weighted by Gasteiger charge is -2.35. The van der Waals surface area contributed by atoms with E-state index in [1.807, 2.05) is 49.4 Å². The number of amides is 1. The van der Waals surface area contributed by atoms with E-state index in [4.69, 9.17) is 4.74 Å². The molecule has 1 saturated heterocycles. The summed E-state index contributed by atoms with van der Waals surface area (Å²) in [6.45, 7) is 4.93. The highest BCUT2D eigenvalue weighted by Gasteiger charge is 2.30. The van der Waals surface area contributed by atoms with Crippen molar-refractivity contribution in [3.8, 4) is 5.75 Å². The van der Waals surface area contributed by atoms with Gasteiger partial charge in [0.1, 0.15) is 11.8 Å². The molecule has 1 amide bonds. The average molecular weight is 310 g/mol. The van der Waals surface area contributed by atoms with Gasteiger partial charge in [-0.25, -0.2) is 0 Å². The van der Waals surface area contributed by atoms with Gasteiger partial charge >= 0.3 is 0 Å². The summed E-state index contributed by atoms with van der Waals surface area (Å²) >= 11 is 0. The Hall–Kier alpha value is -2.33. The number of carbonyl (C=O) groups excluding carboxylic acids is 1. The molecule has 0 radical (unpaired) electrons. The number of piperazine rings is 1. The van der Waals surface area contributed by atoms with E-state index in [1.54, 1.807) is 0 Å². The predicted molar refractivity (Wildman–Crippen MR) is 90.2 cm³/mol. The number of ether oxygens (including phenoxy) is 1. The van der Waals surface area contributed by atoms with Gasteiger partial charge in [-0.2, -0.15) is 0 Å². The van der Waals surface area contributed by atoms with Crippen LogP contribution in [0.4, 0.5) is 0 Å². The van der Waals surface area contributed by atoms with Gasteiger partial charge in [0.2, 0.25) is 5.91 Å². The number of nitrogens with zero attached hydrogens (tertiary/aromatic N) is 1. The lowest BCUT2D eigenvalue weighted by molar-refractivity contribution is -0.129. The van der Waals surface area contributed by atoms with Crippen LogP contribution in [0.25, 0.3) is 0 Å². The molecule has 2 aromatic rings. The van der Waals surface area contributed by atoms with Crippen LogP contribution >= 0.6 is 0 Å². The zero-order valence-corrected chi connectivity index (χ0v) is 13.4. The molecular weight excluding hydrogens is 288 g/mol. The molecule has 120 valence electrons. The maximum absolute atomic E-state index is 12.4. The summed E-state index contributed by atoms with van der Waals surface area (Å²) < 4.78 is 5.48. The molecule has 23 heavy (non-hydrogen) atoms. The molecule has 0 spiro atoms. The standard InChI is InChI=1S/C19H22N2O2/c1-2-23-17-10-8-15(9-11-17)14-21-13-12-20-19(22)18(21)16-6-4-3-5-7-16/h3-11,18H,2,12-14H2,1H3,(H,20,22). The lowest BCUT2D eigenvalue weighted by Crippen LogP contribution is -2.49. The van der Waals surface area contributed by atoms with Crippen molar-refractivity contribution in [1.82, 2.24) is 10.2 Å². The lowest BCUT2D eigenvalue weighted by atomic mass is 10.0. The van der Waals surface area contributed by atoms with Gasteiger partial charge in [-0.1, -0.05) is 42.5 Å². The molecule has 3 rings (SSSR count). The maximum Gasteiger partial charge on any atom is 0.242 e. The number of carbonyl (C=O) groups is 1. The van der Waals surface area contributed by atoms with Gasteiger partial charge in [0.05, 0.1) is 6.61 Å². The van der Waals surface area contributed by atoms with Gasteiger partial charge in [0, 0.05) is 19.6 Å². The van der Waals surface area contributed by atoms with E-state index in [-0.39, 0.29) is 11.9 Å². The molecule has 4 heteroatoms. The molecule has 1 N–H and O–H groups in total. The van der Waals surface area contributed by atoms with Crippen molar-refractivity contribution in [2.24, 2.45) is 0 Å². The third kappa shape index (κ3) is 3.71. The third-order valence-corrected chi connectivity index (χ3v) is 4.05. The van der Waals surface area contributed by atoms with Crippen molar-refractivity contribution < 1.29 is 9.53 Å². The van der Waals surface area contributed by atoms with Crippen LogP contribution in [0.3, 0.4) is 0 Å². The summed E-state index contributed by atoms with van der Waals surface area (Å²) in [5.41, 5.74) is 2.22. The van der Waals surface area contributed by atoms with Gasteiger partial charge in [-0.15, -0.1) is 0 Å². The molecule has 1 unspecified atom stereocenters. The van der Waals surface area contributed by atoms with Crippen LogP contribution in [0, 0.1) is 0 Å². The highest BCUT2D eigenvalue weighted by Crippen LogP contribution is 2.25. The molecule has 0 saturated carbocycles. The van der Waals surface area contributed by atoms with Gasteiger partial charge in [-0.05, 0) is 30.2 Å². The fourth-order valence-corrected chi connectivity index (χ4v) is 2.97.